The van der Waals surface area contributed by atoms with Gasteiger partial charge in [0, 0.05) is 6.08 Å². The van der Waals surface area contributed by atoms with Gasteiger partial charge in [0.2, 0.25) is 0 Å². The van der Waals surface area contributed by atoms with Gasteiger partial charge in [-0.3, -0.25) is 0 Å². The molecule has 0 aromatic heterocycles. The third-order valence-electron chi connectivity index (χ3n) is 1.94. The van der Waals surface area contributed by atoms with Gasteiger partial charge in [-0.05, 0) is 39.7 Å². The SMILES string of the molecule is O=C(O)/C=C/c1ccc(OCOCC(F)(F)F)c(Br)c1. The molecule has 1 rings (SSSR count). The Balaban J connectivity index is 2.54. The van der Waals surface area contributed by atoms with E-state index in [1.165, 1.54) is 12.1 Å². The monoisotopic (exact) mass is 354 g/mol. The van der Waals surface area contributed by atoms with Crippen LogP contribution in [0.15, 0.2) is 28.7 Å². The molecule has 0 atom stereocenters. The second-order valence-electron chi connectivity index (χ2n) is 3.59. The lowest BCUT2D eigenvalue weighted by Crippen LogP contribution is -2.19. The van der Waals surface area contributed by atoms with Crippen LogP contribution in [0.25, 0.3) is 6.08 Å². The topological polar surface area (TPSA) is 55.8 Å². The molecule has 1 aromatic rings. The van der Waals surface area contributed by atoms with Gasteiger partial charge in [0.1, 0.15) is 12.4 Å². The smallest absolute Gasteiger partial charge is 0.411 e. The van der Waals surface area contributed by atoms with Gasteiger partial charge in [-0.15, -0.1) is 0 Å². The molecule has 0 spiro atoms. The minimum Gasteiger partial charge on any atom is -0.478 e. The van der Waals surface area contributed by atoms with Gasteiger partial charge in [-0.2, -0.15) is 13.2 Å². The van der Waals surface area contributed by atoms with Gasteiger partial charge in [-0.25, -0.2) is 4.79 Å². The Morgan fingerprint density at radius 1 is 1.40 bits per heavy atom. The zero-order chi connectivity index (χ0) is 15.2. The molecule has 0 bridgehead atoms. The van der Waals surface area contributed by atoms with Crippen LogP contribution in [-0.4, -0.2) is 30.7 Å². The van der Waals surface area contributed by atoms with Crippen molar-refractivity contribution < 1.29 is 32.5 Å². The predicted molar refractivity (Wildman–Crippen MR) is 68.3 cm³/mol. The third kappa shape index (κ3) is 6.58. The van der Waals surface area contributed by atoms with Crippen LogP contribution in [0.1, 0.15) is 5.56 Å². The maximum Gasteiger partial charge on any atom is 0.411 e. The van der Waals surface area contributed by atoms with Gasteiger partial charge in [0.15, 0.2) is 6.79 Å². The lowest BCUT2D eigenvalue weighted by Gasteiger charge is -2.10. The molecule has 0 aliphatic rings. The highest BCUT2D eigenvalue weighted by Gasteiger charge is 2.27. The first-order chi connectivity index (χ1) is 9.28. The normalized spacial score (nSPS) is 11.8. The van der Waals surface area contributed by atoms with Crippen molar-refractivity contribution >= 4 is 28.0 Å². The van der Waals surface area contributed by atoms with Crippen LogP contribution in [0.2, 0.25) is 0 Å². The van der Waals surface area contributed by atoms with Gasteiger partial charge in [0.05, 0.1) is 4.47 Å². The van der Waals surface area contributed by atoms with E-state index < -0.39 is 25.5 Å². The number of carboxylic acid groups (broad SMARTS) is 1. The van der Waals surface area contributed by atoms with E-state index in [4.69, 9.17) is 9.84 Å². The summed E-state index contributed by atoms with van der Waals surface area (Å²) in [7, 11) is 0. The number of rotatable bonds is 6. The van der Waals surface area contributed by atoms with Crippen molar-refractivity contribution in [3.63, 3.8) is 0 Å². The Labute approximate surface area is 120 Å². The van der Waals surface area contributed by atoms with E-state index in [1.54, 1.807) is 12.1 Å². The predicted octanol–water partition coefficient (Wildman–Crippen LogP) is 3.46. The first-order valence-corrected chi connectivity index (χ1v) is 6.05. The summed E-state index contributed by atoms with van der Waals surface area (Å²) in [4.78, 5) is 10.3. The van der Waals surface area contributed by atoms with Crippen molar-refractivity contribution in [1.29, 1.82) is 0 Å². The lowest BCUT2D eigenvalue weighted by atomic mass is 10.2. The average Bonchev–Trinajstić information content (AvgIpc) is 2.32. The molecule has 0 saturated heterocycles. The van der Waals surface area contributed by atoms with Crippen molar-refractivity contribution in [2.45, 2.75) is 6.18 Å². The van der Waals surface area contributed by atoms with Crippen LogP contribution in [0.5, 0.6) is 5.75 Å². The number of alkyl halides is 3. The van der Waals surface area contributed by atoms with Crippen LogP contribution < -0.4 is 4.74 Å². The Morgan fingerprint density at radius 2 is 2.10 bits per heavy atom. The fraction of sp³-hybridized carbons (Fsp3) is 0.250. The summed E-state index contributed by atoms with van der Waals surface area (Å²) >= 11 is 3.16. The van der Waals surface area contributed by atoms with Crippen molar-refractivity contribution in [3.8, 4) is 5.75 Å². The van der Waals surface area contributed by atoms with Gasteiger partial charge in [-0.1, -0.05) is 6.07 Å². The summed E-state index contributed by atoms with van der Waals surface area (Å²) in [6.07, 6.45) is -2.06. The first kappa shape index (κ1) is 16.5. The van der Waals surface area contributed by atoms with E-state index in [0.717, 1.165) is 6.08 Å². The Hall–Kier alpha value is -1.54. The molecule has 1 N–H and O–H groups in total. The van der Waals surface area contributed by atoms with Crippen LogP contribution >= 0.6 is 15.9 Å². The highest BCUT2D eigenvalue weighted by atomic mass is 79.9. The van der Waals surface area contributed by atoms with Crippen molar-refractivity contribution in [2.75, 3.05) is 13.4 Å². The highest BCUT2D eigenvalue weighted by Crippen LogP contribution is 2.26. The quantitative estimate of drug-likeness (QED) is 0.482. The molecule has 0 aliphatic carbocycles. The lowest BCUT2D eigenvalue weighted by molar-refractivity contribution is -0.186. The molecular weight excluding hydrogens is 345 g/mol. The molecule has 20 heavy (non-hydrogen) atoms. The second-order valence-corrected chi connectivity index (χ2v) is 4.44. The van der Waals surface area contributed by atoms with E-state index in [0.29, 0.717) is 15.8 Å². The Morgan fingerprint density at radius 3 is 2.65 bits per heavy atom. The second kappa shape index (κ2) is 7.30. The fourth-order valence-electron chi connectivity index (χ4n) is 1.17. The number of carboxylic acids is 1. The van der Waals surface area contributed by atoms with Gasteiger partial charge < -0.3 is 14.6 Å². The standard InChI is InChI=1S/C12H10BrF3O4/c13-9-5-8(2-4-11(17)18)1-3-10(9)20-7-19-6-12(14,15)16/h1-5H,6-7H2,(H,17,18)/b4-2+. The maximum atomic E-state index is 11.8. The third-order valence-corrected chi connectivity index (χ3v) is 2.56. The molecule has 8 heteroatoms. The van der Waals surface area contributed by atoms with Crippen molar-refractivity contribution in [1.82, 2.24) is 0 Å². The zero-order valence-electron chi connectivity index (χ0n) is 9.98. The highest BCUT2D eigenvalue weighted by molar-refractivity contribution is 9.10. The summed E-state index contributed by atoms with van der Waals surface area (Å²) in [5.74, 6) is -0.790. The molecule has 0 saturated carbocycles. The Kier molecular flexibility index (Phi) is 6.03. The molecule has 110 valence electrons. The minimum absolute atomic E-state index is 0.291. The van der Waals surface area contributed by atoms with Crippen molar-refractivity contribution in [3.05, 3.63) is 34.3 Å². The maximum absolute atomic E-state index is 11.8. The number of benzene rings is 1. The van der Waals surface area contributed by atoms with Crippen LogP contribution in [-0.2, 0) is 9.53 Å². The molecule has 4 nitrogen and oxygen atoms in total. The number of carbonyl (C=O) groups is 1. The molecule has 0 heterocycles. The van der Waals surface area contributed by atoms with Crippen LogP contribution in [0.3, 0.4) is 0 Å². The van der Waals surface area contributed by atoms with E-state index in [-0.39, 0.29) is 0 Å². The van der Waals surface area contributed by atoms with E-state index in [2.05, 4.69) is 20.7 Å². The zero-order valence-corrected chi connectivity index (χ0v) is 11.6. The van der Waals surface area contributed by atoms with Gasteiger partial charge in [0.25, 0.3) is 0 Å². The summed E-state index contributed by atoms with van der Waals surface area (Å²) in [6, 6.07) is 4.62. The molecule has 0 radical (unpaired) electrons. The number of halogens is 4. The largest absolute Gasteiger partial charge is 0.478 e. The number of ether oxygens (including phenoxy) is 2. The number of aliphatic carboxylic acids is 1. The summed E-state index contributed by atoms with van der Waals surface area (Å²) < 4.78 is 45.2. The summed E-state index contributed by atoms with van der Waals surface area (Å²) in [5.41, 5.74) is 0.600. The number of hydrogen-bond donors (Lipinski definition) is 1. The van der Waals surface area contributed by atoms with E-state index >= 15 is 0 Å². The molecule has 0 amide bonds. The fourth-order valence-corrected chi connectivity index (χ4v) is 1.68. The summed E-state index contributed by atoms with van der Waals surface area (Å²) in [6.45, 7) is -1.92. The first-order valence-electron chi connectivity index (χ1n) is 5.26. The number of hydrogen-bond acceptors (Lipinski definition) is 3. The molecule has 0 aliphatic heterocycles. The molecular formula is C12H10BrF3O4. The van der Waals surface area contributed by atoms with E-state index in [9.17, 15) is 18.0 Å². The van der Waals surface area contributed by atoms with Crippen LogP contribution in [0.4, 0.5) is 13.2 Å². The van der Waals surface area contributed by atoms with Gasteiger partial charge >= 0.3 is 12.1 Å². The summed E-state index contributed by atoms with van der Waals surface area (Å²) in [5, 5.41) is 8.48. The van der Waals surface area contributed by atoms with E-state index in [1.807, 2.05) is 0 Å². The molecule has 0 unspecified atom stereocenters. The Bertz CT molecular complexity index is 500. The average molecular weight is 355 g/mol. The molecule has 0 fully saturated rings. The minimum atomic E-state index is -4.40. The van der Waals surface area contributed by atoms with Crippen molar-refractivity contribution in [2.24, 2.45) is 0 Å². The molecule has 1 aromatic carbocycles. The van der Waals surface area contributed by atoms with Crippen LogP contribution in [0, 0.1) is 0 Å².